The average molecular weight is 260 g/mol. The Morgan fingerprint density at radius 2 is 2.26 bits per heavy atom. The van der Waals surface area contributed by atoms with E-state index >= 15 is 0 Å². The fourth-order valence-electron chi connectivity index (χ4n) is 2.49. The van der Waals surface area contributed by atoms with Crippen molar-refractivity contribution in [1.29, 1.82) is 0 Å². The van der Waals surface area contributed by atoms with Gasteiger partial charge < -0.3 is 10.2 Å². The van der Waals surface area contributed by atoms with Gasteiger partial charge in [-0.3, -0.25) is 4.79 Å². The van der Waals surface area contributed by atoms with E-state index in [9.17, 15) is 4.79 Å². The molecule has 2 heterocycles. The summed E-state index contributed by atoms with van der Waals surface area (Å²) in [6.45, 7) is 3.88. The smallest absolute Gasteiger partial charge is 0.272 e. The molecule has 3 rings (SSSR count). The molecule has 1 aliphatic carbocycles. The zero-order valence-electron chi connectivity index (χ0n) is 11.3. The highest BCUT2D eigenvalue weighted by molar-refractivity contribution is 5.92. The molecule has 2 fully saturated rings. The Labute approximate surface area is 113 Å². The van der Waals surface area contributed by atoms with Crippen LogP contribution in [0.1, 0.15) is 43.1 Å². The highest BCUT2D eigenvalue weighted by Gasteiger charge is 2.25. The summed E-state index contributed by atoms with van der Waals surface area (Å²) in [5.41, 5.74) is 0.507. The van der Waals surface area contributed by atoms with E-state index in [1.54, 1.807) is 12.3 Å². The van der Waals surface area contributed by atoms with Crippen molar-refractivity contribution in [3.05, 3.63) is 18.0 Å². The number of carbonyl (C=O) groups is 1. The zero-order valence-corrected chi connectivity index (χ0v) is 11.3. The van der Waals surface area contributed by atoms with E-state index in [0.717, 1.165) is 19.5 Å². The number of likely N-dealkylation sites (tertiary alicyclic amines) is 1. The lowest BCUT2D eigenvalue weighted by molar-refractivity contribution is 0.0677. The van der Waals surface area contributed by atoms with Crippen molar-refractivity contribution in [2.75, 3.05) is 18.4 Å². The van der Waals surface area contributed by atoms with E-state index in [1.807, 2.05) is 4.90 Å². The van der Waals surface area contributed by atoms with Crippen LogP contribution in [0.2, 0.25) is 0 Å². The van der Waals surface area contributed by atoms with E-state index < -0.39 is 0 Å². The van der Waals surface area contributed by atoms with Gasteiger partial charge in [-0.15, -0.1) is 0 Å². The van der Waals surface area contributed by atoms with Crippen LogP contribution >= 0.6 is 0 Å². The minimum absolute atomic E-state index is 0.0350. The molecule has 1 saturated carbocycles. The highest BCUT2D eigenvalue weighted by Crippen LogP contribution is 2.23. The molecule has 5 heteroatoms. The standard InChI is InChI=1S/C14H20N4O/c1-10-3-2-8-18(9-10)13(19)12-6-7-15-14(17-12)16-11-4-5-11/h6-7,10-11H,2-5,8-9H2,1H3,(H,15,16,17). The van der Waals surface area contributed by atoms with Crippen LogP contribution in [0.5, 0.6) is 0 Å². The van der Waals surface area contributed by atoms with Gasteiger partial charge >= 0.3 is 0 Å². The summed E-state index contributed by atoms with van der Waals surface area (Å²) in [4.78, 5) is 22.8. The lowest BCUT2D eigenvalue weighted by atomic mass is 10.00. The van der Waals surface area contributed by atoms with Crippen LogP contribution in [0.4, 0.5) is 5.95 Å². The number of carbonyl (C=O) groups excluding carboxylic acids is 1. The first-order valence-corrected chi connectivity index (χ1v) is 7.11. The number of rotatable bonds is 3. The number of amides is 1. The van der Waals surface area contributed by atoms with Gasteiger partial charge in [0.1, 0.15) is 5.69 Å². The highest BCUT2D eigenvalue weighted by atomic mass is 16.2. The number of aromatic nitrogens is 2. The van der Waals surface area contributed by atoms with Crippen molar-refractivity contribution < 1.29 is 4.79 Å². The summed E-state index contributed by atoms with van der Waals surface area (Å²) in [5, 5.41) is 3.23. The summed E-state index contributed by atoms with van der Waals surface area (Å²) >= 11 is 0. The minimum atomic E-state index is 0.0350. The van der Waals surface area contributed by atoms with Crippen molar-refractivity contribution in [1.82, 2.24) is 14.9 Å². The first-order chi connectivity index (χ1) is 9.22. The Bertz CT molecular complexity index is 472. The quantitative estimate of drug-likeness (QED) is 0.902. The third-order valence-corrected chi connectivity index (χ3v) is 3.73. The van der Waals surface area contributed by atoms with Gasteiger partial charge in [-0.2, -0.15) is 0 Å². The molecule has 1 aliphatic heterocycles. The van der Waals surface area contributed by atoms with E-state index in [1.165, 1.54) is 19.3 Å². The summed E-state index contributed by atoms with van der Waals surface area (Å²) < 4.78 is 0. The predicted molar refractivity (Wildman–Crippen MR) is 73.0 cm³/mol. The van der Waals surface area contributed by atoms with Crippen molar-refractivity contribution in [3.63, 3.8) is 0 Å². The van der Waals surface area contributed by atoms with Gasteiger partial charge in [0.05, 0.1) is 0 Å². The van der Waals surface area contributed by atoms with Gasteiger partial charge in [0.25, 0.3) is 5.91 Å². The molecule has 19 heavy (non-hydrogen) atoms. The van der Waals surface area contributed by atoms with Crippen LogP contribution < -0.4 is 5.32 Å². The molecule has 0 aromatic carbocycles. The Hall–Kier alpha value is -1.65. The summed E-state index contributed by atoms with van der Waals surface area (Å²) in [6, 6.07) is 2.21. The number of hydrogen-bond acceptors (Lipinski definition) is 4. The first-order valence-electron chi connectivity index (χ1n) is 7.11. The Morgan fingerprint density at radius 3 is 3.00 bits per heavy atom. The molecular weight excluding hydrogens is 240 g/mol. The molecule has 1 saturated heterocycles. The lowest BCUT2D eigenvalue weighted by Crippen LogP contribution is -2.39. The van der Waals surface area contributed by atoms with Crippen LogP contribution in [-0.2, 0) is 0 Å². The second-order valence-electron chi connectivity index (χ2n) is 5.68. The fraction of sp³-hybridized carbons (Fsp3) is 0.643. The van der Waals surface area contributed by atoms with Gasteiger partial charge in [-0.25, -0.2) is 9.97 Å². The summed E-state index contributed by atoms with van der Waals surface area (Å²) in [6.07, 6.45) is 6.31. The van der Waals surface area contributed by atoms with Crippen molar-refractivity contribution >= 4 is 11.9 Å². The number of nitrogens with one attached hydrogen (secondary N) is 1. The van der Waals surface area contributed by atoms with Crippen LogP contribution in [-0.4, -0.2) is 39.9 Å². The third kappa shape index (κ3) is 3.03. The molecular formula is C14H20N4O. The molecule has 1 amide bonds. The number of nitrogens with zero attached hydrogens (tertiary/aromatic N) is 3. The molecule has 1 atom stereocenters. The molecule has 2 aliphatic rings. The molecule has 0 spiro atoms. The molecule has 1 unspecified atom stereocenters. The molecule has 102 valence electrons. The topological polar surface area (TPSA) is 58.1 Å². The largest absolute Gasteiger partial charge is 0.351 e. The van der Waals surface area contributed by atoms with Crippen molar-refractivity contribution in [3.8, 4) is 0 Å². The molecule has 1 N–H and O–H groups in total. The van der Waals surface area contributed by atoms with E-state index in [4.69, 9.17) is 0 Å². The van der Waals surface area contributed by atoms with E-state index in [0.29, 0.717) is 23.6 Å². The van der Waals surface area contributed by atoms with Crippen LogP contribution in [0.25, 0.3) is 0 Å². The van der Waals surface area contributed by atoms with Gasteiger partial charge in [0.2, 0.25) is 5.95 Å². The first kappa shape index (κ1) is 12.4. The summed E-state index contributed by atoms with van der Waals surface area (Å²) in [5.74, 6) is 1.20. The van der Waals surface area contributed by atoms with Crippen LogP contribution in [0, 0.1) is 5.92 Å². The van der Waals surface area contributed by atoms with Gasteiger partial charge in [0, 0.05) is 25.3 Å². The maximum atomic E-state index is 12.4. The average Bonchev–Trinajstić information content (AvgIpc) is 3.22. The maximum Gasteiger partial charge on any atom is 0.272 e. The lowest BCUT2D eigenvalue weighted by Gasteiger charge is -2.30. The second-order valence-corrected chi connectivity index (χ2v) is 5.68. The number of piperidine rings is 1. The molecule has 1 aromatic rings. The minimum Gasteiger partial charge on any atom is -0.351 e. The Kier molecular flexibility index (Phi) is 3.36. The Balaban J connectivity index is 1.71. The molecule has 1 aromatic heterocycles. The predicted octanol–water partition coefficient (Wildman–Crippen LogP) is 1.92. The molecule has 5 nitrogen and oxygen atoms in total. The SMILES string of the molecule is CC1CCCN(C(=O)c2ccnc(NC3CC3)n2)C1. The van der Waals surface area contributed by atoms with Crippen molar-refractivity contribution in [2.24, 2.45) is 5.92 Å². The summed E-state index contributed by atoms with van der Waals surface area (Å²) in [7, 11) is 0. The monoisotopic (exact) mass is 260 g/mol. The van der Waals surface area contributed by atoms with Gasteiger partial charge in [-0.05, 0) is 37.7 Å². The molecule has 0 radical (unpaired) electrons. The Morgan fingerprint density at radius 1 is 1.42 bits per heavy atom. The van der Waals surface area contributed by atoms with Crippen LogP contribution in [0.15, 0.2) is 12.3 Å². The van der Waals surface area contributed by atoms with E-state index in [2.05, 4.69) is 22.2 Å². The second kappa shape index (κ2) is 5.15. The van der Waals surface area contributed by atoms with Crippen molar-refractivity contribution in [2.45, 2.75) is 38.6 Å². The zero-order chi connectivity index (χ0) is 13.2. The number of hydrogen-bond donors (Lipinski definition) is 1. The van der Waals surface area contributed by atoms with E-state index in [-0.39, 0.29) is 5.91 Å². The fourth-order valence-corrected chi connectivity index (χ4v) is 2.49. The third-order valence-electron chi connectivity index (χ3n) is 3.73. The van der Waals surface area contributed by atoms with Gasteiger partial charge in [-0.1, -0.05) is 6.92 Å². The number of anilines is 1. The van der Waals surface area contributed by atoms with Gasteiger partial charge in [0.15, 0.2) is 0 Å². The maximum absolute atomic E-state index is 12.4. The molecule has 0 bridgehead atoms. The van der Waals surface area contributed by atoms with Crippen LogP contribution in [0.3, 0.4) is 0 Å². The normalized spacial score (nSPS) is 23.2.